The van der Waals surface area contributed by atoms with Crippen LogP contribution in [-0.4, -0.2) is 23.9 Å². The minimum atomic E-state index is -0.545. The van der Waals surface area contributed by atoms with Crippen LogP contribution in [0.5, 0.6) is 0 Å². The molecule has 23 heavy (non-hydrogen) atoms. The van der Waals surface area contributed by atoms with E-state index in [1.165, 1.54) is 30.5 Å². The van der Waals surface area contributed by atoms with Crippen molar-refractivity contribution in [3.63, 3.8) is 0 Å². The van der Waals surface area contributed by atoms with Crippen LogP contribution in [0, 0.1) is 5.82 Å². The fourth-order valence-corrected chi connectivity index (χ4v) is 2.90. The lowest BCUT2D eigenvalue weighted by Gasteiger charge is -2.14. The highest BCUT2D eigenvalue weighted by molar-refractivity contribution is 6.30. The molecule has 120 valence electrons. The summed E-state index contributed by atoms with van der Waals surface area (Å²) < 4.78 is 13.7. The Hall–Kier alpha value is -1.91. The number of carbonyl (C=O) groups is 1. The van der Waals surface area contributed by atoms with Gasteiger partial charge >= 0.3 is 0 Å². The topological polar surface area (TPSA) is 32.3 Å². The first kappa shape index (κ1) is 16.0. The van der Waals surface area contributed by atoms with Gasteiger partial charge < -0.3 is 5.32 Å². The van der Waals surface area contributed by atoms with Gasteiger partial charge in [-0.25, -0.2) is 4.39 Å². The van der Waals surface area contributed by atoms with Gasteiger partial charge in [0.1, 0.15) is 5.82 Å². The van der Waals surface area contributed by atoms with Gasteiger partial charge in [-0.3, -0.25) is 9.69 Å². The standard InChI is InChI=1S/C18H18ClFN2O/c19-15-7-8-17(16(20)11-15)21-18(23)14-5-3-13(4-6-14)12-22-9-1-2-10-22/h3-8,11H,1-2,9-10,12H2,(H,21,23). The highest BCUT2D eigenvalue weighted by atomic mass is 35.5. The Kier molecular flexibility index (Phi) is 4.94. The Morgan fingerprint density at radius 3 is 2.48 bits per heavy atom. The molecular formula is C18H18ClFN2O. The summed E-state index contributed by atoms with van der Waals surface area (Å²) >= 11 is 5.70. The molecule has 1 heterocycles. The largest absolute Gasteiger partial charge is 0.319 e. The molecule has 0 saturated carbocycles. The average molecular weight is 333 g/mol. The first-order valence-corrected chi connectivity index (χ1v) is 8.07. The molecule has 1 aliphatic heterocycles. The summed E-state index contributed by atoms with van der Waals surface area (Å²) in [4.78, 5) is 14.6. The van der Waals surface area contributed by atoms with Gasteiger partial charge in [-0.15, -0.1) is 0 Å². The second kappa shape index (κ2) is 7.11. The number of halogens is 2. The molecule has 1 N–H and O–H groups in total. The van der Waals surface area contributed by atoms with Crippen molar-refractivity contribution in [1.29, 1.82) is 0 Å². The van der Waals surface area contributed by atoms with E-state index in [0.717, 1.165) is 19.6 Å². The van der Waals surface area contributed by atoms with Gasteiger partial charge in [-0.1, -0.05) is 23.7 Å². The SMILES string of the molecule is O=C(Nc1ccc(Cl)cc1F)c1ccc(CN2CCCC2)cc1. The van der Waals surface area contributed by atoms with Crippen LogP contribution in [0.4, 0.5) is 10.1 Å². The molecule has 0 atom stereocenters. The normalized spacial score (nSPS) is 14.9. The molecular weight excluding hydrogens is 315 g/mol. The smallest absolute Gasteiger partial charge is 0.255 e. The maximum absolute atomic E-state index is 13.7. The number of likely N-dealkylation sites (tertiary alicyclic amines) is 1. The Bertz CT molecular complexity index is 697. The summed E-state index contributed by atoms with van der Waals surface area (Å²) in [5.41, 5.74) is 1.81. The zero-order valence-electron chi connectivity index (χ0n) is 12.7. The molecule has 0 unspecified atom stereocenters. The molecule has 1 saturated heterocycles. The van der Waals surface area contributed by atoms with Crippen LogP contribution in [0.25, 0.3) is 0 Å². The third kappa shape index (κ3) is 4.09. The molecule has 0 bridgehead atoms. The van der Waals surface area contributed by atoms with Gasteiger partial charge in [0.25, 0.3) is 5.91 Å². The number of amides is 1. The minimum Gasteiger partial charge on any atom is -0.319 e. The zero-order chi connectivity index (χ0) is 16.2. The third-order valence-electron chi connectivity index (χ3n) is 4.00. The molecule has 0 spiro atoms. The van der Waals surface area contributed by atoms with Crippen LogP contribution in [0.2, 0.25) is 5.02 Å². The van der Waals surface area contributed by atoms with Crippen LogP contribution >= 0.6 is 11.6 Å². The molecule has 2 aromatic carbocycles. The van der Waals surface area contributed by atoms with Crippen LogP contribution < -0.4 is 5.32 Å². The van der Waals surface area contributed by atoms with Gasteiger partial charge in [0.2, 0.25) is 0 Å². The van der Waals surface area contributed by atoms with E-state index in [1.54, 1.807) is 18.2 Å². The first-order chi connectivity index (χ1) is 11.1. The van der Waals surface area contributed by atoms with Crippen LogP contribution in [-0.2, 0) is 6.54 Å². The fourth-order valence-electron chi connectivity index (χ4n) is 2.75. The Labute approximate surface area is 140 Å². The van der Waals surface area contributed by atoms with Gasteiger partial charge in [0.05, 0.1) is 5.69 Å². The summed E-state index contributed by atoms with van der Waals surface area (Å²) in [6.45, 7) is 3.18. The number of nitrogens with zero attached hydrogens (tertiary/aromatic N) is 1. The average Bonchev–Trinajstić information content (AvgIpc) is 3.04. The lowest BCUT2D eigenvalue weighted by Crippen LogP contribution is -2.18. The van der Waals surface area contributed by atoms with Crippen LogP contribution in [0.15, 0.2) is 42.5 Å². The summed E-state index contributed by atoms with van der Waals surface area (Å²) in [6, 6.07) is 11.6. The second-order valence-electron chi connectivity index (χ2n) is 5.76. The molecule has 1 aliphatic rings. The van der Waals surface area contributed by atoms with E-state index in [9.17, 15) is 9.18 Å². The summed E-state index contributed by atoms with van der Waals surface area (Å²) in [6.07, 6.45) is 2.51. The Morgan fingerprint density at radius 1 is 1.13 bits per heavy atom. The lowest BCUT2D eigenvalue weighted by atomic mass is 10.1. The van der Waals surface area contributed by atoms with Crippen molar-refractivity contribution in [2.75, 3.05) is 18.4 Å². The van der Waals surface area contributed by atoms with Gasteiger partial charge in [-0.2, -0.15) is 0 Å². The Morgan fingerprint density at radius 2 is 1.83 bits per heavy atom. The van der Waals surface area contributed by atoms with Crippen molar-refractivity contribution in [3.8, 4) is 0 Å². The van der Waals surface area contributed by atoms with E-state index in [4.69, 9.17) is 11.6 Å². The number of nitrogens with one attached hydrogen (secondary N) is 1. The van der Waals surface area contributed by atoms with Crippen molar-refractivity contribution in [2.45, 2.75) is 19.4 Å². The number of benzene rings is 2. The predicted octanol–water partition coefficient (Wildman–Crippen LogP) is 4.33. The lowest BCUT2D eigenvalue weighted by molar-refractivity contribution is 0.102. The predicted molar refractivity (Wildman–Crippen MR) is 90.3 cm³/mol. The van der Waals surface area contributed by atoms with Crippen molar-refractivity contribution in [1.82, 2.24) is 4.90 Å². The highest BCUT2D eigenvalue weighted by Gasteiger charge is 2.13. The van der Waals surface area contributed by atoms with E-state index < -0.39 is 5.82 Å². The van der Waals surface area contributed by atoms with Crippen molar-refractivity contribution >= 4 is 23.2 Å². The van der Waals surface area contributed by atoms with Crippen molar-refractivity contribution in [2.24, 2.45) is 0 Å². The second-order valence-corrected chi connectivity index (χ2v) is 6.19. The quantitative estimate of drug-likeness (QED) is 0.904. The fraction of sp³-hybridized carbons (Fsp3) is 0.278. The van der Waals surface area contributed by atoms with E-state index in [0.29, 0.717) is 10.6 Å². The van der Waals surface area contributed by atoms with Gasteiger partial charge in [0.15, 0.2) is 0 Å². The number of rotatable bonds is 4. The van der Waals surface area contributed by atoms with Crippen LogP contribution in [0.1, 0.15) is 28.8 Å². The van der Waals surface area contributed by atoms with E-state index in [2.05, 4.69) is 10.2 Å². The maximum Gasteiger partial charge on any atom is 0.255 e. The number of anilines is 1. The van der Waals surface area contributed by atoms with Crippen LogP contribution in [0.3, 0.4) is 0 Å². The van der Waals surface area contributed by atoms with E-state index >= 15 is 0 Å². The first-order valence-electron chi connectivity index (χ1n) is 7.69. The molecule has 0 aliphatic carbocycles. The zero-order valence-corrected chi connectivity index (χ0v) is 13.4. The summed E-state index contributed by atoms with van der Waals surface area (Å²) in [5.74, 6) is -0.879. The maximum atomic E-state index is 13.7. The molecule has 2 aromatic rings. The molecule has 0 radical (unpaired) electrons. The van der Waals surface area contributed by atoms with Gasteiger partial charge in [0, 0.05) is 17.1 Å². The monoisotopic (exact) mass is 332 g/mol. The number of hydrogen-bond acceptors (Lipinski definition) is 2. The minimum absolute atomic E-state index is 0.126. The molecule has 1 amide bonds. The molecule has 3 rings (SSSR count). The molecule has 3 nitrogen and oxygen atoms in total. The number of carbonyl (C=O) groups excluding carboxylic acids is 1. The molecule has 5 heteroatoms. The van der Waals surface area contributed by atoms with E-state index in [-0.39, 0.29) is 11.6 Å². The Balaban J connectivity index is 1.65. The van der Waals surface area contributed by atoms with Gasteiger partial charge in [-0.05, 0) is 61.8 Å². The molecule has 1 fully saturated rings. The van der Waals surface area contributed by atoms with Crippen molar-refractivity contribution in [3.05, 3.63) is 64.4 Å². The van der Waals surface area contributed by atoms with E-state index in [1.807, 2.05) is 12.1 Å². The third-order valence-corrected chi connectivity index (χ3v) is 4.24. The number of hydrogen-bond donors (Lipinski definition) is 1. The summed E-state index contributed by atoms with van der Waals surface area (Å²) in [7, 11) is 0. The molecule has 0 aromatic heterocycles. The highest BCUT2D eigenvalue weighted by Crippen LogP contribution is 2.20. The van der Waals surface area contributed by atoms with Crippen molar-refractivity contribution < 1.29 is 9.18 Å². The summed E-state index contributed by atoms with van der Waals surface area (Å²) in [5, 5.41) is 2.86.